The smallest absolute Gasteiger partial charge is 0.229 e. The molecular formula is C36H38O17. The largest absolute Gasteiger partial charge is 0.508 e. The Hall–Kier alpha value is -4.17. The minimum Gasteiger partial charge on any atom is -0.508 e. The van der Waals surface area contributed by atoms with E-state index in [4.69, 9.17) is 28.4 Å². The molecule has 0 saturated carbocycles. The number of aromatic hydroxyl groups is 2. The first-order valence-corrected chi connectivity index (χ1v) is 17.2. The number of aliphatic hydroxyl groups excluding tert-OH is 6. The van der Waals surface area contributed by atoms with E-state index in [2.05, 4.69) is 0 Å². The van der Waals surface area contributed by atoms with Crippen molar-refractivity contribution in [3.8, 4) is 28.7 Å². The molecule has 6 aliphatic rings. The molecule has 0 bridgehead atoms. The van der Waals surface area contributed by atoms with Gasteiger partial charge in [-0.05, 0) is 33.8 Å². The van der Waals surface area contributed by atoms with Crippen LogP contribution >= 0.6 is 0 Å². The van der Waals surface area contributed by atoms with Gasteiger partial charge in [-0.1, -0.05) is 0 Å². The van der Waals surface area contributed by atoms with Crippen molar-refractivity contribution in [3.05, 3.63) is 51.6 Å². The second-order valence-electron chi connectivity index (χ2n) is 14.4. The lowest BCUT2D eigenvalue weighted by Crippen LogP contribution is -2.72. The van der Waals surface area contributed by atoms with E-state index in [9.17, 15) is 55.2 Å². The van der Waals surface area contributed by atoms with E-state index in [-0.39, 0.29) is 39.5 Å². The van der Waals surface area contributed by atoms with Crippen molar-refractivity contribution in [2.45, 2.75) is 107 Å². The molecule has 284 valence electrons. The molecule has 2 aliphatic carbocycles. The Morgan fingerprint density at radius 1 is 0.774 bits per heavy atom. The van der Waals surface area contributed by atoms with Crippen LogP contribution in [0.25, 0.3) is 0 Å². The minimum absolute atomic E-state index is 0.124. The molecule has 2 aromatic carbocycles. The fourth-order valence-corrected chi connectivity index (χ4v) is 8.84. The van der Waals surface area contributed by atoms with Crippen molar-refractivity contribution in [1.29, 1.82) is 0 Å². The van der Waals surface area contributed by atoms with Crippen LogP contribution in [0.4, 0.5) is 0 Å². The Balaban J connectivity index is 1.32. The van der Waals surface area contributed by atoms with Crippen LogP contribution in [0.15, 0.2) is 29.3 Å². The summed E-state index contributed by atoms with van der Waals surface area (Å²) in [6.45, 7) is 5.38. The van der Waals surface area contributed by atoms with Gasteiger partial charge in [0, 0.05) is 28.8 Å². The minimum atomic E-state index is -2.05. The fraction of sp³-hybridized carbons (Fsp3) is 0.528. The monoisotopic (exact) mass is 742 g/mol. The Bertz CT molecular complexity index is 1970. The lowest BCUT2D eigenvalue weighted by molar-refractivity contribution is -0.277. The zero-order valence-electron chi connectivity index (χ0n) is 28.7. The Kier molecular flexibility index (Phi) is 8.23. The number of benzene rings is 2. The number of carbonyl (C=O) groups is 3. The van der Waals surface area contributed by atoms with Crippen molar-refractivity contribution in [3.63, 3.8) is 0 Å². The van der Waals surface area contributed by atoms with Crippen molar-refractivity contribution >= 4 is 17.3 Å². The molecule has 2 saturated heterocycles. The van der Waals surface area contributed by atoms with Gasteiger partial charge in [0.2, 0.25) is 6.29 Å². The molecular weight excluding hydrogens is 704 g/mol. The first-order chi connectivity index (χ1) is 25.0. The second-order valence-corrected chi connectivity index (χ2v) is 14.4. The summed E-state index contributed by atoms with van der Waals surface area (Å²) in [7, 11) is 0. The molecule has 8 N–H and O–H groups in total. The van der Waals surface area contributed by atoms with Crippen molar-refractivity contribution in [2.24, 2.45) is 5.92 Å². The van der Waals surface area contributed by atoms with E-state index in [1.165, 1.54) is 20.8 Å². The fourth-order valence-electron chi connectivity index (χ4n) is 8.84. The summed E-state index contributed by atoms with van der Waals surface area (Å²) >= 11 is 0. The highest BCUT2D eigenvalue weighted by Gasteiger charge is 2.69. The molecule has 2 fully saturated rings. The third-order valence-electron chi connectivity index (χ3n) is 11.3. The molecule has 8 rings (SSSR count). The van der Waals surface area contributed by atoms with Crippen LogP contribution < -0.4 is 14.2 Å². The number of ether oxygens (including phenoxy) is 6. The molecule has 0 radical (unpaired) electrons. The quantitative estimate of drug-likeness (QED) is 0.194. The number of hydrogen-bond acceptors (Lipinski definition) is 17. The first-order valence-electron chi connectivity index (χ1n) is 17.2. The van der Waals surface area contributed by atoms with E-state index in [0.29, 0.717) is 0 Å². The van der Waals surface area contributed by atoms with Gasteiger partial charge in [0.05, 0.1) is 53.6 Å². The summed E-state index contributed by atoms with van der Waals surface area (Å²) in [6, 6.07) is 3.21. The van der Waals surface area contributed by atoms with E-state index in [0.717, 1.165) is 18.2 Å². The van der Waals surface area contributed by atoms with Crippen molar-refractivity contribution in [2.75, 3.05) is 6.61 Å². The van der Waals surface area contributed by atoms with E-state index in [1.54, 1.807) is 6.92 Å². The van der Waals surface area contributed by atoms with Crippen molar-refractivity contribution in [1.82, 2.24) is 0 Å². The highest BCUT2D eigenvalue weighted by Crippen LogP contribution is 2.61. The summed E-state index contributed by atoms with van der Waals surface area (Å²) < 4.78 is 36.2. The number of rotatable bonds is 3. The number of ketones is 3. The molecule has 2 aromatic rings. The third-order valence-corrected chi connectivity index (χ3v) is 11.3. The van der Waals surface area contributed by atoms with Gasteiger partial charge in [-0.3, -0.25) is 14.4 Å². The summed E-state index contributed by atoms with van der Waals surface area (Å²) in [4.78, 5) is 43.0. The molecule has 14 atom stereocenters. The molecule has 0 aromatic heterocycles. The molecule has 1 spiro atoms. The Morgan fingerprint density at radius 3 is 2.17 bits per heavy atom. The SMILES string of the molecule is C[C@H]1O[C@H](C)[C@@H](O)C2=C1C(=O)c1c(O)cc3c(c1C2=O)O[C@@H]1c2cc(O)cc(O[C@@H]4O[C@H](CO)[C@@H](O)[C@H](O)[C@H]4O)c2C(=O)[C@H]2[C@@H](C)O[C@H](C)[C@@H](O)[C@@]12O3. The number of aliphatic hydroxyl groups is 6. The Labute approximate surface area is 300 Å². The predicted molar refractivity (Wildman–Crippen MR) is 173 cm³/mol. The number of fused-ring (bicyclic) bond motifs is 5. The van der Waals surface area contributed by atoms with Gasteiger partial charge in [-0.15, -0.1) is 0 Å². The maximum atomic E-state index is 14.7. The van der Waals surface area contributed by atoms with Crippen LogP contribution in [-0.2, 0) is 14.2 Å². The average molecular weight is 743 g/mol. The molecule has 17 heteroatoms. The van der Waals surface area contributed by atoms with E-state index < -0.39 is 132 Å². The van der Waals surface area contributed by atoms with Gasteiger partial charge >= 0.3 is 0 Å². The summed E-state index contributed by atoms with van der Waals surface area (Å²) in [5.74, 6) is -6.00. The van der Waals surface area contributed by atoms with Crippen LogP contribution in [0.1, 0.15) is 70.4 Å². The predicted octanol–water partition coefficient (Wildman–Crippen LogP) is -0.648. The topological polar surface area (TPSA) is 268 Å². The lowest BCUT2D eigenvalue weighted by atomic mass is 9.62. The maximum Gasteiger partial charge on any atom is 0.229 e. The summed E-state index contributed by atoms with van der Waals surface area (Å²) in [5.41, 5.74) is -3.68. The molecule has 17 nitrogen and oxygen atoms in total. The van der Waals surface area contributed by atoms with Crippen LogP contribution in [0, 0.1) is 5.92 Å². The highest BCUT2D eigenvalue weighted by atomic mass is 16.7. The molecule has 4 aliphatic heterocycles. The number of phenolic OH excluding ortho intramolecular Hbond substituents is 2. The lowest BCUT2D eigenvalue weighted by Gasteiger charge is -2.58. The van der Waals surface area contributed by atoms with Gasteiger partial charge in [0.15, 0.2) is 40.6 Å². The van der Waals surface area contributed by atoms with Crippen LogP contribution in [0.5, 0.6) is 28.7 Å². The normalized spacial score (nSPS) is 40.1. The molecule has 4 heterocycles. The third kappa shape index (κ3) is 4.79. The summed E-state index contributed by atoms with van der Waals surface area (Å²) in [6.07, 6.45) is -17.1. The average Bonchev–Trinajstić information content (AvgIpc) is 3.10. The number of Topliss-reactive ketones (excluding diaryl/α,β-unsaturated/α-hetero) is 3. The van der Waals surface area contributed by atoms with Gasteiger partial charge in [0.25, 0.3) is 0 Å². The van der Waals surface area contributed by atoms with Gasteiger partial charge < -0.3 is 69.3 Å². The molecule has 0 amide bonds. The summed E-state index contributed by atoms with van der Waals surface area (Å²) in [5, 5.41) is 86.3. The number of hydrogen-bond donors (Lipinski definition) is 8. The van der Waals surface area contributed by atoms with Crippen molar-refractivity contribution < 1.29 is 83.7 Å². The van der Waals surface area contributed by atoms with Gasteiger partial charge in [-0.25, -0.2) is 0 Å². The maximum absolute atomic E-state index is 14.7. The number of phenols is 2. The number of carbonyl (C=O) groups excluding carboxylic acids is 3. The second kappa shape index (κ2) is 12.2. The Morgan fingerprint density at radius 2 is 1.47 bits per heavy atom. The van der Waals surface area contributed by atoms with Gasteiger partial charge in [-0.2, -0.15) is 0 Å². The highest BCUT2D eigenvalue weighted by molar-refractivity contribution is 6.30. The van der Waals surface area contributed by atoms with Crippen LogP contribution in [0.2, 0.25) is 0 Å². The van der Waals surface area contributed by atoms with E-state index >= 15 is 0 Å². The molecule has 0 unspecified atom stereocenters. The standard InChI is InChI=1S/C36H38O17/c1-9-19-22(25(40)11(3)48-9)28(43)23-21(27(19)42)15(39)7-17-32(23)52-34-14-5-13(38)6-16(50-35-31(46)30(45)26(41)18(8-37)51-35)20(14)29(44)24-10(2)49-12(4)33(47)36(24,34)53-17/h5-7,9-12,18,24-26,30-31,33-35,37-41,45-47H,8H2,1-4H3/t9-,10-,11-,12-,18-,24-,25-,26-,30+,31-,33-,34-,35-,36-/m1/s1. The zero-order chi connectivity index (χ0) is 38.2. The van der Waals surface area contributed by atoms with Crippen LogP contribution in [0.3, 0.4) is 0 Å². The zero-order valence-corrected chi connectivity index (χ0v) is 28.7. The van der Waals surface area contributed by atoms with Crippen LogP contribution in [-0.4, -0.2) is 138 Å². The molecule has 53 heavy (non-hydrogen) atoms. The first kappa shape index (κ1) is 35.8. The van der Waals surface area contributed by atoms with Gasteiger partial charge in [0.1, 0.15) is 53.9 Å². The van der Waals surface area contributed by atoms with E-state index in [1.807, 2.05) is 0 Å².